The number of hydrogen-bond acceptors (Lipinski definition) is 3. The molecule has 1 aromatic heterocycles. The molecule has 4 nitrogen and oxygen atoms in total. The molecule has 4 heteroatoms. The lowest BCUT2D eigenvalue weighted by Crippen LogP contribution is -2.35. The van der Waals surface area contributed by atoms with E-state index in [0.717, 1.165) is 18.4 Å². The summed E-state index contributed by atoms with van der Waals surface area (Å²) in [6, 6.07) is 30.3. The summed E-state index contributed by atoms with van der Waals surface area (Å²) in [4.78, 5) is 24.0. The molecule has 0 radical (unpaired) electrons. The predicted octanol–water partition coefficient (Wildman–Crippen LogP) is 5.07. The molecule has 0 saturated carbocycles. The smallest absolute Gasteiger partial charge is 0.257 e. The Hall–Kier alpha value is -3.79. The molecule has 0 saturated heterocycles. The zero-order valence-corrected chi connectivity index (χ0v) is 17.4. The van der Waals surface area contributed by atoms with E-state index in [0.29, 0.717) is 24.5 Å². The topological polar surface area (TPSA) is 46.1 Å². The molecule has 3 aromatic carbocycles. The minimum Gasteiger partial charge on any atom is -0.338 e. The molecule has 0 fully saturated rings. The molecular formula is C27H25N3O. The van der Waals surface area contributed by atoms with Gasteiger partial charge in [-0.25, -0.2) is 9.97 Å². The van der Waals surface area contributed by atoms with Crippen LogP contribution in [0.25, 0.3) is 11.4 Å². The molecule has 0 unspecified atom stereocenters. The third-order valence-electron chi connectivity index (χ3n) is 5.24. The van der Waals surface area contributed by atoms with E-state index in [1.807, 2.05) is 71.6 Å². The van der Waals surface area contributed by atoms with Gasteiger partial charge in [0.1, 0.15) is 0 Å². The standard InChI is InChI=1S/C27H25N3O/c31-27(25-20-28-26(29-21-25)24-14-8-3-9-15-24)30(18-16-22-10-4-1-5-11-22)19-17-23-12-6-2-7-13-23/h1-15,20-21H,16-19H2. The molecular weight excluding hydrogens is 382 g/mol. The Morgan fingerprint density at radius 1 is 0.645 bits per heavy atom. The quantitative estimate of drug-likeness (QED) is 0.410. The first kappa shape index (κ1) is 20.5. The Balaban J connectivity index is 1.49. The number of amides is 1. The van der Waals surface area contributed by atoms with E-state index < -0.39 is 0 Å². The average molecular weight is 408 g/mol. The minimum absolute atomic E-state index is 0.0357. The van der Waals surface area contributed by atoms with Crippen LogP contribution in [0.15, 0.2) is 103 Å². The van der Waals surface area contributed by atoms with Gasteiger partial charge in [-0.3, -0.25) is 4.79 Å². The van der Waals surface area contributed by atoms with Crippen LogP contribution in [0, 0.1) is 0 Å². The lowest BCUT2D eigenvalue weighted by atomic mass is 10.1. The zero-order valence-electron chi connectivity index (χ0n) is 17.4. The number of nitrogens with zero attached hydrogens (tertiary/aromatic N) is 3. The van der Waals surface area contributed by atoms with Gasteiger partial charge in [-0.05, 0) is 24.0 Å². The van der Waals surface area contributed by atoms with Crippen molar-refractivity contribution < 1.29 is 4.79 Å². The summed E-state index contributed by atoms with van der Waals surface area (Å²) in [7, 11) is 0. The van der Waals surface area contributed by atoms with Crippen molar-refractivity contribution in [1.82, 2.24) is 14.9 Å². The van der Waals surface area contributed by atoms with Crippen molar-refractivity contribution in [2.24, 2.45) is 0 Å². The molecule has 0 aliphatic rings. The summed E-state index contributed by atoms with van der Waals surface area (Å²) in [5.74, 6) is 0.587. The molecule has 1 heterocycles. The monoisotopic (exact) mass is 407 g/mol. The largest absolute Gasteiger partial charge is 0.338 e. The lowest BCUT2D eigenvalue weighted by Gasteiger charge is -2.23. The minimum atomic E-state index is -0.0357. The molecule has 154 valence electrons. The van der Waals surface area contributed by atoms with Gasteiger partial charge in [0.2, 0.25) is 0 Å². The third kappa shape index (κ3) is 5.64. The lowest BCUT2D eigenvalue weighted by molar-refractivity contribution is 0.0758. The second kappa shape index (κ2) is 10.3. The molecule has 31 heavy (non-hydrogen) atoms. The summed E-state index contributed by atoms with van der Waals surface area (Å²) in [5.41, 5.74) is 3.89. The van der Waals surface area contributed by atoms with Crippen LogP contribution in [0.1, 0.15) is 21.5 Å². The van der Waals surface area contributed by atoms with Crippen molar-refractivity contribution in [3.63, 3.8) is 0 Å². The number of rotatable bonds is 8. The third-order valence-corrected chi connectivity index (χ3v) is 5.24. The van der Waals surface area contributed by atoms with Gasteiger partial charge in [0.05, 0.1) is 5.56 Å². The SMILES string of the molecule is O=C(c1cnc(-c2ccccc2)nc1)N(CCc1ccccc1)CCc1ccccc1. The summed E-state index contributed by atoms with van der Waals surface area (Å²) in [5, 5.41) is 0. The molecule has 0 aliphatic carbocycles. The van der Waals surface area contributed by atoms with Crippen LogP contribution in [-0.2, 0) is 12.8 Å². The van der Waals surface area contributed by atoms with E-state index in [1.165, 1.54) is 11.1 Å². The van der Waals surface area contributed by atoms with Gasteiger partial charge in [0, 0.05) is 31.0 Å². The second-order valence-electron chi connectivity index (χ2n) is 7.42. The highest BCUT2D eigenvalue weighted by atomic mass is 16.2. The maximum atomic E-state index is 13.3. The van der Waals surface area contributed by atoms with Gasteiger partial charge in [0.15, 0.2) is 5.82 Å². The van der Waals surface area contributed by atoms with Crippen molar-refractivity contribution in [3.05, 3.63) is 120 Å². The number of hydrogen-bond donors (Lipinski definition) is 0. The Morgan fingerprint density at radius 2 is 1.10 bits per heavy atom. The summed E-state index contributed by atoms with van der Waals surface area (Å²) in [6.45, 7) is 1.30. The highest BCUT2D eigenvalue weighted by Crippen LogP contribution is 2.15. The van der Waals surface area contributed by atoms with Crippen molar-refractivity contribution in [3.8, 4) is 11.4 Å². The Morgan fingerprint density at radius 3 is 1.58 bits per heavy atom. The Bertz CT molecular complexity index is 1040. The van der Waals surface area contributed by atoms with E-state index in [2.05, 4.69) is 34.2 Å². The number of carbonyl (C=O) groups is 1. The highest BCUT2D eigenvalue weighted by Gasteiger charge is 2.17. The van der Waals surface area contributed by atoms with Crippen LogP contribution < -0.4 is 0 Å². The van der Waals surface area contributed by atoms with Crippen molar-refractivity contribution in [2.75, 3.05) is 13.1 Å². The summed E-state index contributed by atoms with van der Waals surface area (Å²) >= 11 is 0. The summed E-state index contributed by atoms with van der Waals surface area (Å²) in [6.07, 6.45) is 4.89. The fourth-order valence-corrected chi connectivity index (χ4v) is 3.49. The molecule has 4 rings (SSSR count). The zero-order chi connectivity index (χ0) is 21.3. The van der Waals surface area contributed by atoms with E-state index in [1.54, 1.807) is 12.4 Å². The van der Waals surface area contributed by atoms with Crippen LogP contribution in [0.2, 0.25) is 0 Å². The highest BCUT2D eigenvalue weighted by molar-refractivity contribution is 5.93. The average Bonchev–Trinajstić information content (AvgIpc) is 2.86. The fraction of sp³-hybridized carbons (Fsp3) is 0.148. The number of aromatic nitrogens is 2. The van der Waals surface area contributed by atoms with E-state index in [9.17, 15) is 4.79 Å². The molecule has 0 bridgehead atoms. The molecule has 0 atom stereocenters. The van der Waals surface area contributed by atoms with Crippen molar-refractivity contribution in [1.29, 1.82) is 0 Å². The van der Waals surface area contributed by atoms with Crippen LogP contribution in [0.5, 0.6) is 0 Å². The van der Waals surface area contributed by atoms with Gasteiger partial charge < -0.3 is 4.90 Å². The Labute approximate surface area is 183 Å². The Kier molecular flexibility index (Phi) is 6.81. The maximum Gasteiger partial charge on any atom is 0.257 e. The maximum absolute atomic E-state index is 13.3. The molecule has 4 aromatic rings. The molecule has 0 spiro atoms. The first-order valence-electron chi connectivity index (χ1n) is 10.5. The van der Waals surface area contributed by atoms with E-state index in [-0.39, 0.29) is 5.91 Å². The van der Waals surface area contributed by atoms with E-state index >= 15 is 0 Å². The summed E-state index contributed by atoms with van der Waals surface area (Å²) < 4.78 is 0. The van der Waals surface area contributed by atoms with Crippen LogP contribution >= 0.6 is 0 Å². The van der Waals surface area contributed by atoms with Gasteiger partial charge in [0.25, 0.3) is 5.91 Å². The first-order chi connectivity index (χ1) is 15.3. The van der Waals surface area contributed by atoms with E-state index in [4.69, 9.17) is 0 Å². The van der Waals surface area contributed by atoms with Gasteiger partial charge in [-0.2, -0.15) is 0 Å². The number of carbonyl (C=O) groups excluding carboxylic acids is 1. The van der Waals surface area contributed by atoms with Crippen molar-refractivity contribution in [2.45, 2.75) is 12.8 Å². The van der Waals surface area contributed by atoms with Crippen LogP contribution in [0.4, 0.5) is 0 Å². The molecule has 1 amide bonds. The first-order valence-corrected chi connectivity index (χ1v) is 10.5. The molecule has 0 N–H and O–H groups in total. The second-order valence-corrected chi connectivity index (χ2v) is 7.42. The fourth-order valence-electron chi connectivity index (χ4n) is 3.49. The normalized spacial score (nSPS) is 10.6. The van der Waals surface area contributed by atoms with Crippen LogP contribution in [0.3, 0.4) is 0 Å². The van der Waals surface area contributed by atoms with Gasteiger partial charge in [-0.1, -0.05) is 91.0 Å². The van der Waals surface area contributed by atoms with Gasteiger partial charge >= 0.3 is 0 Å². The van der Waals surface area contributed by atoms with Crippen molar-refractivity contribution >= 4 is 5.91 Å². The van der Waals surface area contributed by atoms with Gasteiger partial charge in [-0.15, -0.1) is 0 Å². The molecule has 0 aliphatic heterocycles. The van der Waals surface area contributed by atoms with Crippen LogP contribution in [-0.4, -0.2) is 33.9 Å². The predicted molar refractivity (Wildman–Crippen MR) is 124 cm³/mol. The number of benzene rings is 3.